The zero-order valence-corrected chi connectivity index (χ0v) is 17.1. The van der Waals surface area contributed by atoms with E-state index in [1.165, 1.54) is 18.7 Å². The van der Waals surface area contributed by atoms with Crippen LogP contribution in [0.1, 0.15) is 21.5 Å². The van der Waals surface area contributed by atoms with Gasteiger partial charge in [0, 0.05) is 16.7 Å². The van der Waals surface area contributed by atoms with Crippen LogP contribution in [-0.2, 0) is 12.8 Å². The average Bonchev–Trinajstić information content (AvgIpc) is 3.23. The van der Waals surface area contributed by atoms with Crippen molar-refractivity contribution in [2.24, 2.45) is 0 Å². The van der Waals surface area contributed by atoms with E-state index in [-0.39, 0.29) is 5.69 Å². The minimum atomic E-state index is -0.944. The van der Waals surface area contributed by atoms with E-state index in [9.17, 15) is 13.6 Å². The highest BCUT2D eigenvalue weighted by molar-refractivity contribution is 6.05. The van der Waals surface area contributed by atoms with Gasteiger partial charge in [-0.15, -0.1) is 0 Å². The van der Waals surface area contributed by atoms with Crippen molar-refractivity contribution < 1.29 is 22.8 Å². The number of nitrogens with one attached hydrogen (secondary N) is 1. The van der Waals surface area contributed by atoms with Crippen molar-refractivity contribution in [2.45, 2.75) is 12.8 Å². The maximum atomic E-state index is 14.0. The first-order valence-corrected chi connectivity index (χ1v) is 10.1. The molecule has 1 aliphatic carbocycles. The molecule has 0 saturated carbocycles. The number of ether oxygens (including phenoxy) is 1. The van der Waals surface area contributed by atoms with Gasteiger partial charge in [-0.1, -0.05) is 35.5 Å². The summed E-state index contributed by atoms with van der Waals surface area (Å²) in [5.41, 5.74) is 4.31. The summed E-state index contributed by atoms with van der Waals surface area (Å²) in [6.07, 6.45) is 1.63. The lowest BCUT2D eigenvalue weighted by atomic mass is 9.88. The number of hydrogen-bond acceptors (Lipinski definition) is 4. The van der Waals surface area contributed by atoms with Crippen LogP contribution < -0.4 is 10.1 Å². The predicted octanol–water partition coefficient (Wildman–Crippen LogP) is 5.65. The van der Waals surface area contributed by atoms with Crippen LogP contribution in [0.3, 0.4) is 0 Å². The molecule has 1 heterocycles. The van der Waals surface area contributed by atoms with Gasteiger partial charge < -0.3 is 14.6 Å². The first-order chi connectivity index (χ1) is 15.6. The Balaban J connectivity index is 1.53. The fraction of sp³-hybridized carbons (Fsp3) is 0.120. The number of carbonyl (C=O) groups excluding carboxylic acids is 1. The smallest absolute Gasteiger partial charge is 0.261 e. The van der Waals surface area contributed by atoms with Gasteiger partial charge in [0.15, 0.2) is 5.76 Å². The Bertz CT molecular complexity index is 1330. The standard InChI is InChI=1S/C25H18F2N2O3/c1-31-21-12-10-15(13-20(21)28-25(30)22-18(26)7-4-8-19(22)27)24-17-11-9-14-5-2-3-6-16(14)23(17)29-32-24/h2-8,10,12-13H,9,11H2,1H3,(H,28,30). The third-order valence-corrected chi connectivity index (χ3v) is 5.60. The van der Waals surface area contributed by atoms with Gasteiger partial charge in [-0.2, -0.15) is 0 Å². The molecule has 5 rings (SSSR count). The zero-order valence-electron chi connectivity index (χ0n) is 17.1. The predicted molar refractivity (Wildman–Crippen MR) is 116 cm³/mol. The van der Waals surface area contributed by atoms with Gasteiger partial charge >= 0.3 is 0 Å². The highest BCUT2D eigenvalue weighted by Gasteiger charge is 2.25. The highest BCUT2D eigenvalue weighted by Crippen LogP contribution is 2.40. The van der Waals surface area contributed by atoms with Crippen molar-refractivity contribution in [3.63, 3.8) is 0 Å². The molecule has 0 saturated heterocycles. The van der Waals surface area contributed by atoms with Crippen LogP contribution in [0.4, 0.5) is 14.5 Å². The first-order valence-electron chi connectivity index (χ1n) is 10.1. The summed E-state index contributed by atoms with van der Waals surface area (Å²) in [6.45, 7) is 0. The molecule has 3 aromatic carbocycles. The van der Waals surface area contributed by atoms with Crippen molar-refractivity contribution in [3.8, 4) is 28.3 Å². The Morgan fingerprint density at radius 2 is 1.81 bits per heavy atom. The molecule has 7 heteroatoms. The van der Waals surface area contributed by atoms with E-state index >= 15 is 0 Å². The molecule has 0 bridgehead atoms. The fourth-order valence-corrected chi connectivity index (χ4v) is 4.06. The van der Waals surface area contributed by atoms with Crippen molar-refractivity contribution in [3.05, 3.63) is 89.0 Å². The SMILES string of the molecule is COc1ccc(-c2onc3c2CCc2ccccc2-3)cc1NC(=O)c1c(F)cccc1F. The number of hydrogen-bond donors (Lipinski definition) is 1. The average molecular weight is 432 g/mol. The van der Waals surface area contributed by atoms with E-state index in [1.807, 2.05) is 18.2 Å². The van der Waals surface area contributed by atoms with Crippen molar-refractivity contribution >= 4 is 11.6 Å². The van der Waals surface area contributed by atoms with Crippen molar-refractivity contribution in [1.82, 2.24) is 5.16 Å². The summed E-state index contributed by atoms with van der Waals surface area (Å²) in [4.78, 5) is 12.6. The van der Waals surface area contributed by atoms with E-state index in [0.29, 0.717) is 17.1 Å². The molecule has 0 aliphatic heterocycles. The molecule has 1 aromatic heterocycles. The number of nitrogens with zero attached hydrogens (tertiary/aromatic N) is 1. The van der Waals surface area contributed by atoms with Gasteiger partial charge in [0.1, 0.15) is 28.6 Å². The van der Waals surface area contributed by atoms with Gasteiger partial charge in [-0.05, 0) is 48.7 Å². The topological polar surface area (TPSA) is 64.4 Å². The lowest BCUT2D eigenvalue weighted by Gasteiger charge is -2.15. The van der Waals surface area contributed by atoms with Crippen LogP contribution in [0.2, 0.25) is 0 Å². The van der Waals surface area contributed by atoms with Crippen LogP contribution >= 0.6 is 0 Å². The molecule has 1 N–H and O–H groups in total. The second-order valence-corrected chi connectivity index (χ2v) is 7.46. The fourth-order valence-electron chi connectivity index (χ4n) is 4.06. The van der Waals surface area contributed by atoms with Gasteiger partial charge in [0.2, 0.25) is 0 Å². The number of methoxy groups -OCH3 is 1. The Hall–Kier alpha value is -4.00. The highest BCUT2D eigenvalue weighted by atomic mass is 19.1. The monoisotopic (exact) mass is 432 g/mol. The quantitative estimate of drug-likeness (QED) is 0.453. The molecule has 1 amide bonds. The molecule has 0 spiro atoms. The van der Waals surface area contributed by atoms with E-state index in [4.69, 9.17) is 9.26 Å². The molecule has 5 nitrogen and oxygen atoms in total. The summed E-state index contributed by atoms with van der Waals surface area (Å²) in [7, 11) is 1.45. The number of amides is 1. The summed E-state index contributed by atoms with van der Waals surface area (Å²) in [6, 6.07) is 16.4. The third kappa shape index (κ3) is 3.32. The van der Waals surface area contributed by atoms with Crippen LogP contribution in [0, 0.1) is 11.6 Å². The summed E-state index contributed by atoms with van der Waals surface area (Å²) in [5, 5.41) is 6.84. The first kappa shape index (κ1) is 19.9. The van der Waals surface area contributed by atoms with E-state index in [1.54, 1.807) is 18.2 Å². The number of rotatable bonds is 4. The Morgan fingerprint density at radius 3 is 2.59 bits per heavy atom. The van der Waals surface area contributed by atoms with Gasteiger partial charge in [0.25, 0.3) is 5.91 Å². The lowest BCUT2D eigenvalue weighted by Crippen LogP contribution is -2.16. The van der Waals surface area contributed by atoms with Crippen LogP contribution in [0.15, 0.2) is 65.2 Å². The Labute approximate surface area is 182 Å². The van der Waals surface area contributed by atoms with Crippen molar-refractivity contribution in [2.75, 3.05) is 12.4 Å². The Morgan fingerprint density at radius 1 is 1.03 bits per heavy atom. The lowest BCUT2D eigenvalue weighted by molar-refractivity contribution is 0.101. The van der Waals surface area contributed by atoms with Crippen molar-refractivity contribution in [1.29, 1.82) is 0 Å². The molecule has 0 fully saturated rings. The maximum absolute atomic E-state index is 14.0. The molecular formula is C25H18F2N2O3. The summed E-state index contributed by atoms with van der Waals surface area (Å²) >= 11 is 0. The second kappa shape index (κ2) is 7.92. The molecule has 32 heavy (non-hydrogen) atoms. The molecule has 1 aliphatic rings. The third-order valence-electron chi connectivity index (χ3n) is 5.60. The molecule has 0 unspecified atom stereocenters. The van der Waals surface area contributed by atoms with E-state index in [0.717, 1.165) is 41.8 Å². The molecule has 160 valence electrons. The second-order valence-electron chi connectivity index (χ2n) is 7.46. The normalized spacial score (nSPS) is 12.1. The molecular weight excluding hydrogens is 414 g/mol. The minimum absolute atomic E-state index is 0.263. The van der Waals surface area contributed by atoms with E-state index < -0.39 is 23.1 Å². The van der Waals surface area contributed by atoms with Crippen LogP contribution in [0.25, 0.3) is 22.6 Å². The Kier molecular flexibility index (Phi) is 4.93. The summed E-state index contributed by atoms with van der Waals surface area (Å²) in [5.74, 6) is -1.87. The largest absolute Gasteiger partial charge is 0.495 e. The number of benzene rings is 3. The van der Waals surface area contributed by atoms with E-state index in [2.05, 4.69) is 16.5 Å². The molecule has 0 radical (unpaired) electrons. The van der Waals surface area contributed by atoms with Crippen LogP contribution in [0.5, 0.6) is 5.75 Å². The zero-order chi connectivity index (χ0) is 22.2. The number of fused-ring (bicyclic) bond motifs is 3. The van der Waals surface area contributed by atoms with Gasteiger partial charge in [0.05, 0.1) is 12.8 Å². The minimum Gasteiger partial charge on any atom is -0.495 e. The molecule has 0 atom stereocenters. The number of aryl methyl sites for hydroxylation is 1. The number of aromatic nitrogens is 1. The van der Waals surface area contributed by atoms with Crippen LogP contribution in [-0.4, -0.2) is 18.2 Å². The van der Waals surface area contributed by atoms with Gasteiger partial charge in [-0.25, -0.2) is 8.78 Å². The van der Waals surface area contributed by atoms with Gasteiger partial charge in [-0.3, -0.25) is 4.79 Å². The molecule has 4 aromatic rings. The number of halogens is 2. The number of carbonyl (C=O) groups is 1. The summed E-state index contributed by atoms with van der Waals surface area (Å²) < 4.78 is 39.1. The maximum Gasteiger partial charge on any atom is 0.261 e. The number of anilines is 1.